The lowest BCUT2D eigenvalue weighted by atomic mass is 10.1. The van der Waals surface area contributed by atoms with E-state index in [-0.39, 0.29) is 75.0 Å². The molecule has 1 fully saturated rings. The molecule has 2 N–H and O–H groups in total. The average molecular weight is 771 g/mol. The van der Waals surface area contributed by atoms with Crippen molar-refractivity contribution in [2.75, 3.05) is 57.9 Å². The van der Waals surface area contributed by atoms with Crippen LogP contribution >= 0.6 is 0 Å². The van der Waals surface area contributed by atoms with Crippen LogP contribution in [0.4, 0.5) is 17.1 Å². The normalized spacial score (nSPS) is 14.1. The summed E-state index contributed by atoms with van der Waals surface area (Å²) < 4.78 is 18.7. The van der Waals surface area contributed by atoms with Gasteiger partial charge in [0.1, 0.15) is 29.4 Å². The van der Waals surface area contributed by atoms with E-state index in [1.165, 1.54) is 29.4 Å². The van der Waals surface area contributed by atoms with Crippen molar-refractivity contribution in [3.63, 3.8) is 0 Å². The number of anilines is 1. The fraction of sp³-hybridized carbons (Fsp3) is 0.333. The Bertz CT molecular complexity index is 2210. The Morgan fingerprint density at radius 1 is 0.982 bits per heavy atom. The number of rotatable bonds is 18. The monoisotopic (exact) mass is 770 g/mol. The number of H-pyrrole nitrogens is 1. The Kier molecular flexibility index (Phi) is 12.5. The van der Waals surface area contributed by atoms with Gasteiger partial charge in [-0.3, -0.25) is 34.6 Å². The molecule has 20 nitrogen and oxygen atoms in total. The summed E-state index contributed by atoms with van der Waals surface area (Å²) in [5.41, 5.74) is 1.04. The second-order valence-electron chi connectivity index (χ2n) is 12.7. The van der Waals surface area contributed by atoms with Crippen LogP contribution in [0.15, 0.2) is 73.2 Å². The maximum absolute atomic E-state index is 13.6. The molecule has 1 aliphatic rings. The molecule has 0 saturated carbocycles. The molecule has 56 heavy (non-hydrogen) atoms. The van der Waals surface area contributed by atoms with Gasteiger partial charge >= 0.3 is 0 Å². The predicted molar refractivity (Wildman–Crippen MR) is 198 cm³/mol. The summed E-state index contributed by atoms with van der Waals surface area (Å²) >= 11 is 0. The fourth-order valence-electron chi connectivity index (χ4n) is 6.13. The first-order valence-electron chi connectivity index (χ1n) is 17.6. The lowest BCUT2D eigenvalue weighted by molar-refractivity contribution is -0.393. The molecule has 1 aliphatic heterocycles. The number of aromatic nitrogens is 5. The van der Waals surface area contributed by atoms with E-state index in [1.54, 1.807) is 46.1 Å². The van der Waals surface area contributed by atoms with E-state index in [1.807, 2.05) is 13.0 Å². The standard InChI is InChI=1S/C36H38N10O10/c1-24-21-42(35(48)25-5-3-2-4-6-25)12-13-44(24)36(49)33(47)28-20-39-34-32(28)31(9-10-38-34)56-16-14-43-22-26(40-41-43)23-55-18-17-54-15-11-37-29-8-7-27(45(50)51)19-30(29)46(52)53/h2-10,19-20,22,24,37H,11-18,21,23H2,1H3,(H,38,39)/t24-/m1/s1. The van der Waals surface area contributed by atoms with Crippen LogP contribution in [0.25, 0.3) is 11.0 Å². The number of carbonyl (C=O) groups excluding carboxylic acids is 3. The summed E-state index contributed by atoms with van der Waals surface area (Å²) in [4.78, 5) is 71.2. The fourth-order valence-corrected chi connectivity index (χ4v) is 6.13. The number of nitrogens with one attached hydrogen (secondary N) is 2. The largest absolute Gasteiger partial charge is 0.491 e. The van der Waals surface area contributed by atoms with Gasteiger partial charge in [0.15, 0.2) is 0 Å². The number of nitrogens with zero attached hydrogens (tertiary/aromatic N) is 8. The molecular weight excluding hydrogens is 732 g/mol. The average Bonchev–Trinajstić information content (AvgIpc) is 3.86. The molecule has 1 atom stereocenters. The highest BCUT2D eigenvalue weighted by Crippen LogP contribution is 2.30. The van der Waals surface area contributed by atoms with Gasteiger partial charge in [-0.15, -0.1) is 5.10 Å². The van der Waals surface area contributed by atoms with Crippen molar-refractivity contribution in [2.24, 2.45) is 0 Å². The minimum Gasteiger partial charge on any atom is -0.491 e. The number of hydrogen-bond donors (Lipinski definition) is 2. The Labute approximate surface area is 318 Å². The van der Waals surface area contributed by atoms with Crippen LogP contribution < -0.4 is 10.1 Å². The summed E-state index contributed by atoms with van der Waals surface area (Å²) in [5.74, 6) is -1.14. The Hall–Kier alpha value is -6.80. The van der Waals surface area contributed by atoms with Crippen molar-refractivity contribution in [1.82, 2.24) is 34.8 Å². The van der Waals surface area contributed by atoms with Crippen molar-refractivity contribution in [1.29, 1.82) is 0 Å². The van der Waals surface area contributed by atoms with Crippen LogP contribution in [-0.2, 0) is 27.4 Å². The van der Waals surface area contributed by atoms with E-state index in [9.17, 15) is 34.6 Å². The van der Waals surface area contributed by atoms with Crippen LogP contribution in [0.3, 0.4) is 0 Å². The quantitative estimate of drug-likeness (QED) is 0.0427. The van der Waals surface area contributed by atoms with Gasteiger partial charge in [0, 0.05) is 56.2 Å². The maximum Gasteiger partial charge on any atom is 0.299 e. The number of amides is 2. The number of piperazine rings is 1. The highest BCUT2D eigenvalue weighted by atomic mass is 16.6. The highest BCUT2D eigenvalue weighted by molar-refractivity contribution is 6.45. The van der Waals surface area contributed by atoms with E-state index >= 15 is 0 Å². The van der Waals surface area contributed by atoms with Gasteiger partial charge in [-0.2, -0.15) is 0 Å². The summed E-state index contributed by atoms with van der Waals surface area (Å²) in [6.07, 6.45) is 4.68. The van der Waals surface area contributed by atoms with Crippen LogP contribution in [-0.4, -0.2) is 121 Å². The smallest absolute Gasteiger partial charge is 0.299 e. The maximum atomic E-state index is 13.6. The van der Waals surface area contributed by atoms with Crippen LogP contribution in [0.1, 0.15) is 33.3 Å². The molecule has 0 aliphatic carbocycles. The van der Waals surface area contributed by atoms with Crippen LogP contribution in [0.5, 0.6) is 5.75 Å². The van der Waals surface area contributed by atoms with Gasteiger partial charge in [0.25, 0.3) is 29.0 Å². The molecule has 0 spiro atoms. The molecule has 6 rings (SSSR count). The third-order valence-electron chi connectivity index (χ3n) is 8.91. The number of pyridine rings is 1. The summed E-state index contributed by atoms with van der Waals surface area (Å²) in [7, 11) is 0. The summed E-state index contributed by atoms with van der Waals surface area (Å²) in [6, 6.07) is 13.5. The Balaban J connectivity index is 0.929. The van der Waals surface area contributed by atoms with Gasteiger partial charge in [-0.25, -0.2) is 9.67 Å². The number of nitro benzene ring substituents is 2. The van der Waals surface area contributed by atoms with Crippen molar-refractivity contribution in [3.05, 3.63) is 110 Å². The lowest BCUT2D eigenvalue weighted by Gasteiger charge is -2.39. The second-order valence-corrected chi connectivity index (χ2v) is 12.7. The number of carbonyl (C=O) groups is 3. The molecule has 20 heteroatoms. The molecule has 0 unspecified atom stereocenters. The van der Waals surface area contributed by atoms with Crippen LogP contribution in [0.2, 0.25) is 0 Å². The molecule has 3 aromatic heterocycles. The number of hydrogen-bond acceptors (Lipinski definition) is 14. The van der Waals surface area contributed by atoms with Crippen molar-refractivity contribution >= 4 is 45.7 Å². The van der Waals surface area contributed by atoms with Gasteiger partial charge in [0.2, 0.25) is 0 Å². The zero-order valence-electron chi connectivity index (χ0n) is 30.2. The highest BCUT2D eigenvalue weighted by Gasteiger charge is 2.35. The van der Waals surface area contributed by atoms with Crippen LogP contribution in [0, 0.1) is 20.2 Å². The van der Waals surface area contributed by atoms with E-state index in [0.29, 0.717) is 47.7 Å². The summed E-state index contributed by atoms with van der Waals surface area (Å²) in [5, 5.41) is 33.6. The molecular formula is C36H38N10O10. The number of benzene rings is 2. The minimum atomic E-state index is -0.708. The number of fused-ring (bicyclic) bond motifs is 1. The number of non-ortho nitro benzene ring substituents is 1. The number of nitro groups is 2. The number of aromatic amines is 1. The molecule has 5 aromatic rings. The Morgan fingerprint density at radius 2 is 1.79 bits per heavy atom. The first kappa shape index (κ1) is 38.9. The second kappa shape index (κ2) is 18.0. The zero-order chi connectivity index (χ0) is 39.6. The van der Waals surface area contributed by atoms with Gasteiger partial charge in [0.05, 0.1) is 66.0 Å². The molecule has 4 heterocycles. The molecule has 292 valence electrons. The zero-order valence-corrected chi connectivity index (χ0v) is 30.2. The molecule has 0 bridgehead atoms. The van der Waals surface area contributed by atoms with Crippen molar-refractivity contribution in [3.8, 4) is 5.75 Å². The SMILES string of the molecule is C[C@@H]1CN(C(=O)c2ccccc2)CCN1C(=O)C(=O)c1c[nH]c2nccc(OCCn3cc(COCCOCCNc4ccc([N+](=O)[O-])cc4[N+](=O)[O-])nn3)c12. The predicted octanol–water partition coefficient (Wildman–Crippen LogP) is 3.25. The third-order valence-corrected chi connectivity index (χ3v) is 8.91. The lowest BCUT2D eigenvalue weighted by Crippen LogP contribution is -2.56. The van der Waals surface area contributed by atoms with Gasteiger partial charge < -0.3 is 34.3 Å². The van der Waals surface area contributed by atoms with E-state index < -0.39 is 27.2 Å². The topological polar surface area (TPSA) is 243 Å². The first-order valence-corrected chi connectivity index (χ1v) is 17.6. The number of Topliss-reactive ketones (excluding diaryl/α,β-unsaturated/α-hetero) is 1. The third kappa shape index (κ3) is 9.28. The van der Waals surface area contributed by atoms with Gasteiger partial charge in [-0.1, -0.05) is 23.4 Å². The van der Waals surface area contributed by atoms with E-state index in [0.717, 1.165) is 6.07 Å². The summed E-state index contributed by atoms with van der Waals surface area (Å²) in [6.45, 7) is 4.20. The molecule has 0 radical (unpaired) electrons. The van der Waals surface area contributed by atoms with E-state index in [2.05, 4.69) is 25.6 Å². The van der Waals surface area contributed by atoms with Gasteiger partial charge in [-0.05, 0) is 31.2 Å². The minimum absolute atomic E-state index is 0.122. The Morgan fingerprint density at radius 3 is 2.55 bits per heavy atom. The van der Waals surface area contributed by atoms with Crippen molar-refractivity contribution in [2.45, 2.75) is 26.1 Å². The number of ether oxygens (including phenoxy) is 3. The number of ketones is 1. The molecule has 2 amide bonds. The molecule has 2 aromatic carbocycles. The van der Waals surface area contributed by atoms with Crippen molar-refractivity contribution < 1.29 is 38.4 Å². The first-order chi connectivity index (χ1) is 27.1. The van der Waals surface area contributed by atoms with E-state index in [4.69, 9.17) is 14.2 Å². The molecule has 1 saturated heterocycles.